The van der Waals surface area contributed by atoms with E-state index in [4.69, 9.17) is 15.3 Å². The van der Waals surface area contributed by atoms with E-state index in [1.54, 1.807) is 0 Å². The zero-order valence-corrected chi connectivity index (χ0v) is 7.10. The first-order valence-electron chi connectivity index (χ1n) is 3.70. The van der Waals surface area contributed by atoms with Crippen LogP contribution >= 0.6 is 0 Å². The lowest BCUT2D eigenvalue weighted by Crippen LogP contribution is -2.50. The predicted molar refractivity (Wildman–Crippen MR) is 41.1 cm³/mol. The quantitative estimate of drug-likeness (QED) is 0.446. The number of aliphatic hydroxyl groups is 2. The fourth-order valence-electron chi connectivity index (χ4n) is 0.904. The van der Waals surface area contributed by atoms with E-state index in [1.165, 1.54) is 6.92 Å². The topological polar surface area (TPSA) is 115 Å². The Hall–Kier alpha value is -1.14. The Kier molecular flexibility index (Phi) is 3.83. The van der Waals surface area contributed by atoms with Gasteiger partial charge in [-0.25, -0.2) is 4.79 Å². The third-order valence-corrected chi connectivity index (χ3v) is 1.73. The minimum absolute atomic E-state index is 0.0317. The van der Waals surface area contributed by atoms with E-state index in [-0.39, 0.29) is 6.42 Å². The van der Waals surface area contributed by atoms with E-state index >= 15 is 0 Å². The van der Waals surface area contributed by atoms with Crippen molar-refractivity contribution in [2.75, 3.05) is 0 Å². The van der Waals surface area contributed by atoms with Crippen molar-refractivity contribution in [1.82, 2.24) is 0 Å². The summed E-state index contributed by atoms with van der Waals surface area (Å²) in [5.74, 6) is -3.21. The van der Waals surface area contributed by atoms with Gasteiger partial charge in [-0.15, -0.1) is 0 Å². The largest absolute Gasteiger partial charge is 0.481 e. The second-order valence-corrected chi connectivity index (χ2v) is 2.72. The Bertz CT molecular complexity index is 213. The second-order valence-electron chi connectivity index (χ2n) is 2.72. The van der Waals surface area contributed by atoms with Crippen LogP contribution in [-0.2, 0) is 9.59 Å². The maximum Gasteiger partial charge on any atom is 0.339 e. The van der Waals surface area contributed by atoms with Gasteiger partial charge < -0.3 is 20.4 Å². The van der Waals surface area contributed by atoms with Gasteiger partial charge in [0, 0.05) is 0 Å². The van der Waals surface area contributed by atoms with E-state index in [0.29, 0.717) is 0 Å². The summed E-state index contributed by atoms with van der Waals surface area (Å²) in [6, 6.07) is 0. The van der Waals surface area contributed by atoms with Gasteiger partial charge in [0.1, 0.15) is 0 Å². The van der Waals surface area contributed by atoms with Gasteiger partial charge in [0.05, 0.1) is 12.5 Å². The van der Waals surface area contributed by atoms with Crippen LogP contribution in [-0.4, -0.2) is 44.1 Å². The fraction of sp³-hybridized carbons (Fsp3) is 0.714. The van der Waals surface area contributed by atoms with Gasteiger partial charge >= 0.3 is 11.9 Å². The molecule has 0 radical (unpaired) electrons. The summed E-state index contributed by atoms with van der Waals surface area (Å²) in [6.07, 6.45) is -2.63. The van der Waals surface area contributed by atoms with Crippen molar-refractivity contribution in [3.05, 3.63) is 0 Å². The van der Waals surface area contributed by atoms with Gasteiger partial charge in [-0.2, -0.15) is 0 Å². The van der Waals surface area contributed by atoms with Crippen molar-refractivity contribution in [2.24, 2.45) is 0 Å². The van der Waals surface area contributed by atoms with Gasteiger partial charge in [0.15, 0.2) is 5.60 Å². The molecular formula is C7H12O6. The molecule has 4 N–H and O–H groups in total. The van der Waals surface area contributed by atoms with Crippen LogP contribution in [0.25, 0.3) is 0 Å². The van der Waals surface area contributed by atoms with E-state index in [2.05, 4.69) is 0 Å². The van der Waals surface area contributed by atoms with Crippen LogP contribution in [0.15, 0.2) is 0 Å². The molecule has 0 aliphatic rings. The van der Waals surface area contributed by atoms with E-state index in [0.717, 1.165) is 0 Å². The molecule has 6 nitrogen and oxygen atoms in total. The van der Waals surface area contributed by atoms with Crippen molar-refractivity contribution in [3.8, 4) is 0 Å². The lowest BCUT2D eigenvalue weighted by atomic mass is 9.91. The molecule has 0 amide bonds. The highest BCUT2D eigenvalue weighted by Gasteiger charge is 2.44. The SMILES string of the molecule is CCC(O)C(O)(CC(=O)O)C(=O)O. The smallest absolute Gasteiger partial charge is 0.339 e. The van der Waals surface area contributed by atoms with Crippen LogP contribution < -0.4 is 0 Å². The third kappa shape index (κ3) is 2.67. The highest BCUT2D eigenvalue weighted by atomic mass is 16.4. The molecule has 13 heavy (non-hydrogen) atoms. The highest BCUT2D eigenvalue weighted by molar-refractivity contribution is 5.84. The van der Waals surface area contributed by atoms with E-state index in [1.807, 2.05) is 0 Å². The zero-order chi connectivity index (χ0) is 10.6. The monoisotopic (exact) mass is 192 g/mol. The lowest BCUT2D eigenvalue weighted by molar-refractivity contribution is -0.178. The van der Waals surface area contributed by atoms with Crippen molar-refractivity contribution < 1.29 is 30.0 Å². The molecule has 0 rings (SSSR count). The molecule has 6 heteroatoms. The molecule has 2 atom stereocenters. The molecule has 0 spiro atoms. The van der Waals surface area contributed by atoms with Crippen LogP contribution in [0, 0.1) is 0 Å². The summed E-state index contributed by atoms with van der Waals surface area (Å²) in [6.45, 7) is 1.44. The maximum atomic E-state index is 10.5. The molecular weight excluding hydrogens is 180 g/mol. The Balaban J connectivity index is 4.72. The minimum Gasteiger partial charge on any atom is -0.481 e. The van der Waals surface area contributed by atoms with Gasteiger partial charge in [-0.05, 0) is 6.42 Å². The summed E-state index contributed by atoms with van der Waals surface area (Å²) in [5, 5.41) is 35.2. The average Bonchev–Trinajstić information content (AvgIpc) is 2.01. The Morgan fingerprint density at radius 3 is 2.08 bits per heavy atom. The van der Waals surface area contributed by atoms with Crippen LogP contribution in [0.1, 0.15) is 19.8 Å². The molecule has 0 heterocycles. The molecule has 0 saturated carbocycles. The molecule has 0 saturated heterocycles. The fourth-order valence-corrected chi connectivity index (χ4v) is 0.904. The van der Waals surface area contributed by atoms with Gasteiger partial charge in [0.2, 0.25) is 0 Å². The number of aliphatic hydroxyl groups excluding tert-OH is 1. The normalized spacial score (nSPS) is 17.5. The molecule has 0 aromatic carbocycles. The summed E-state index contributed by atoms with van der Waals surface area (Å²) >= 11 is 0. The highest BCUT2D eigenvalue weighted by Crippen LogP contribution is 2.18. The maximum absolute atomic E-state index is 10.5. The van der Waals surface area contributed by atoms with Crippen molar-refractivity contribution >= 4 is 11.9 Å². The summed E-state index contributed by atoms with van der Waals surface area (Å²) in [4.78, 5) is 20.7. The predicted octanol–water partition coefficient (Wildman–Crippen LogP) is -0.952. The molecule has 2 unspecified atom stereocenters. The standard InChI is InChI=1S/C7H12O6/c1-2-4(8)7(13,6(11)12)3-5(9)10/h4,8,13H,2-3H2,1H3,(H,9,10)(H,11,12). The van der Waals surface area contributed by atoms with Crippen molar-refractivity contribution in [1.29, 1.82) is 0 Å². The number of aliphatic carboxylic acids is 2. The van der Waals surface area contributed by atoms with Crippen molar-refractivity contribution in [3.63, 3.8) is 0 Å². The van der Waals surface area contributed by atoms with Crippen LogP contribution in [0.4, 0.5) is 0 Å². The summed E-state index contributed by atoms with van der Waals surface area (Å²) in [5.41, 5.74) is -2.60. The molecule has 0 bridgehead atoms. The first kappa shape index (κ1) is 11.9. The third-order valence-electron chi connectivity index (χ3n) is 1.73. The Morgan fingerprint density at radius 1 is 1.38 bits per heavy atom. The molecule has 76 valence electrons. The van der Waals surface area contributed by atoms with Crippen LogP contribution in [0.5, 0.6) is 0 Å². The van der Waals surface area contributed by atoms with E-state index < -0.39 is 30.1 Å². The first-order chi connectivity index (χ1) is 5.84. The summed E-state index contributed by atoms with van der Waals surface area (Å²) in [7, 11) is 0. The van der Waals surface area contributed by atoms with Crippen molar-refractivity contribution in [2.45, 2.75) is 31.5 Å². The number of carboxylic acids is 2. The lowest BCUT2D eigenvalue weighted by Gasteiger charge is -2.26. The average molecular weight is 192 g/mol. The van der Waals surface area contributed by atoms with E-state index in [9.17, 15) is 14.7 Å². The number of hydrogen-bond acceptors (Lipinski definition) is 4. The second kappa shape index (κ2) is 4.20. The molecule has 0 aromatic heterocycles. The van der Waals surface area contributed by atoms with Gasteiger partial charge in [-0.3, -0.25) is 4.79 Å². The van der Waals surface area contributed by atoms with Crippen LogP contribution in [0.2, 0.25) is 0 Å². The van der Waals surface area contributed by atoms with Gasteiger partial charge in [0.25, 0.3) is 0 Å². The number of hydrogen-bond donors (Lipinski definition) is 4. The summed E-state index contributed by atoms with van der Waals surface area (Å²) < 4.78 is 0. The number of carbonyl (C=O) groups is 2. The molecule has 0 aliphatic carbocycles. The Labute approximate surface area is 74.4 Å². The molecule has 0 aromatic rings. The number of carboxylic acid groups (broad SMARTS) is 2. The zero-order valence-electron chi connectivity index (χ0n) is 7.10. The minimum atomic E-state index is -2.60. The molecule has 0 fully saturated rings. The Morgan fingerprint density at radius 2 is 1.85 bits per heavy atom. The molecule has 0 aliphatic heterocycles. The van der Waals surface area contributed by atoms with Gasteiger partial charge in [-0.1, -0.05) is 6.92 Å². The number of rotatable bonds is 5. The first-order valence-corrected chi connectivity index (χ1v) is 3.70. The van der Waals surface area contributed by atoms with Crippen LogP contribution in [0.3, 0.4) is 0 Å².